The highest BCUT2D eigenvalue weighted by Gasteiger charge is 2.53. The maximum absolute atomic E-state index is 13.6. The molecule has 1 aromatic rings. The Balaban J connectivity index is 2.42. The van der Waals surface area contributed by atoms with E-state index in [0.29, 0.717) is 22.9 Å². The van der Waals surface area contributed by atoms with Crippen molar-refractivity contribution in [1.82, 2.24) is 0 Å². The number of ether oxygens (including phenoxy) is 1. The number of carbonyl (C=O) groups excluding carboxylic acids is 1. The average Bonchev–Trinajstić information content (AvgIpc) is 2.97. The lowest BCUT2D eigenvalue weighted by molar-refractivity contribution is -0.143. The molecule has 1 aliphatic rings. The molecule has 15 heavy (non-hydrogen) atoms. The Morgan fingerprint density at radius 2 is 2.20 bits per heavy atom. The van der Waals surface area contributed by atoms with E-state index in [4.69, 9.17) is 4.74 Å². The number of carbonyl (C=O) groups is 1. The lowest BCUT2D eigenvalue weighted by Crippen LogP contribution is -2.23. The van der Waals surface area contributed by atoms with E-state index in [9.17, 15) is 9.18 Å². The van der Waals surface area contributed by atoms with Crippen LogP contribution in [0.3, 0.4) is 0 Å². The van der Waals surface area contributed by atoms with Gasteiger partial charge in [-0.3, -0.25) is 4.79 Å². The first-order valence-corrected chi connectivity index (χ1v) is 5.43. The Labute approximate surface area is 95.6 Å². The standard InChI is InChI=1S/C11H10BrFO2/c1-15-10(14)11(4-5-11)8-3-2-7(12)6-9(8)13/h2-3,6H,4-5H2,1H3. The van der Waals surface area contributed by atoms with Gasteiger partial charge in [0.25, 0.3) is 0 Å². The maximum atomic E-state index is 13.6. The van der Waals surface area contributed by atoms with Crippen molar-refractivity contribution in [3.05, 3.63) is 34.1 Å². The van der Waals surface area contributed by atoms with Crippen molar-refractivity contribution in [2.75, 3.05) is 7.11 Å². The van der Waals surface area contributed by atoms with Crippen LogP contribution in [-0.4, -0.2) is 13.1 Å². The minimum Gasteiger partial charge on any atom is -0.468 e. The van der Waals surface area contributed by atoms with Crippen molar-refractivity contribution in [3.63, 3.8) is 0 Å². The molecule has 0 heterocycles. The van der Waals surface area contributed by atoms with Crippen molar-refractivity contribution in [2.45, 2.75) is 18.3 Å². The molecule has 1 saturated carbocycles. The topological polar surface area (TPSA) is 26.3 Å². The van der Waals surface area contributed by atoms with Crippen molar-refractivity contribution in [2.24, 2.45) is 0 Å². The second kappa shape index (κ2) is 3.59. The second-order valence-corrected chi connectivity index (χ2v) is 4.61. The first-order valence-electron chi connectivity index (χ1n) is 4.64. The first kappa shape index (κ1) is 10.6. The molecular weight excluding hydrogens is 263 g/mol. The Hall–Kier alpha value is -0.900. The molecule has 1 fully saturated rings. The van der Waals surface area contributed by atoms with E-state index in [1.165, 1.54) is 13.2 Å². The number of halogens is 2. The molecular formula is C11H10BrFO2. The Morgan fingerprint density at radius 3 is 2.67 bits per heavy atom. The highest BCUT2D eigenvalue weighted by atomic mass is 79.9. The largest absolute Gasteiger partial charge is 0.468 e. The van der Waals surface area contributed by atoms with Gasteiger partial charge in [0.15, 0.2) is 0 Å². The number of methoxy groups -OCH3 is 1. The summed E-state index contributed by atoms with van der Waals surface area (Å²) in [4.78, 5) is 11.5. The highest BCUT2D eigenvalue weighted by molar-refractivity contribution is 9.10. The summed E-state index contributed by atoms with van der Waals surface area (Å²) in [6, 6.07) is 4.75. The van der Waals surface area contributed by atoms with Gasteiger partial charge in [-0.25, -0.2) is 4.39 Å². The van der Waals surface area contributed by atoms with Crippen molar-refractivity contribution in [3.8, 4) is 0 Å². The molecule has 2 nitrogen and oxygen atoms in total. The smallest absolute Gasteiger partial charge is 0.316 e. The molecule has 80 valence electrons. The number of hydrogen-bond acceptors (Lipinski definition) is 2. The van der Waals surface area contributed by atoms with Gasteiger partial charge in [-0.15, -0.1) is 0 Å². The summed E-state index contributed by atoms with van der Waals surface area (Å²) in [7, 11) is 1.33. The maximum Gasteiger partial charge on any atom is 0.316 e. The Morgan fingerprint density at radius 1 is 1.53 bits per heavy atom. The van der Waals surface area contributed by atoms with Crippen LogP contribution in [0, 0.1) is 5.82 Å². The minimum atomic E-state index is -0.723. The van der Waals surface area contributed by atoms with Crippen LogP contribution in [0.1, 0.15) is 18.4 Å². The molecule has 0 aliphatic heterocycles. The van der Waals surface area contributed by atoms with Gasteiger partial charge in [-0.05, 0) is 25.0 Å². The summed E-state index contributed by atoms with van der Waals surface area (Å²) >= 11 is 3.18. The monoisotopic (exact) mass is 272 g/mol. The second-order valence-electron chi connectivity index (χ2n) is 3.70. The van der Waals surface area contributed by atoms with E-state index in [-0.39, 0.29) is 11.8 Å². The van der Waals surface area contributed by atoms with E-state index in [2.05, 4.69) is 15.9 Å². The third-order valence-corrected chi connectivity index (χ3v) is 3.27. The molecule has 0 bridgehead atoms. The van der Waals surface area contributed by atoms with E-state index < -0.39 is 5.41 Å². The normalized spacial score (nSPS) is 17.3. The molecule has 1 aromatic carbocycles. The summed E-state index contributed by atoms with van der Waals surface area (Å²) in [5.41, 5.74) is -0.281. The first-order chi connectivity index (χ1) is 7.10. The van der Waals surface area contributed by atoms with Gasteiger partial charge in [0.2, 0.25) is 0 Å². The van der Waals surface area contributed by atoms with Gasteiger partial charge in [0, 0.05) is 10.0 Å². The molecule has 0 spiro atoms. The average molecular weight is 273 g/mol. The molecule has 0 N–H and O–H groups in total. The van der Waals surface area contributed by atoms with Gasteiger partial charge in [0.1, 0.15) is 5.82 Å². The Bertz CT molecular complexity index is 413. The van der Waals surface area contributed by atoms with E-state index in [1.807, 2.05) is 0 Å². The van der Waals surface area contributed by atoms with Crippen LogP contribution in [0.4, 0.5) is 4.39 Å². The number of rotatable bonds is 2. The SMILES string of the molecule is COC(=O)C1(c2ccc(Br)cc2F)CC1. The molecule has 2 rings (SSSR count). The lowest BCUT2D eigenvalue weighted by Gasteiger charge is -2.13. The van der Waals surface area contributed by atoms with Crippen molar-refractivity contribution >= 4 is 21.9 Å². The minimum absolute atomic E-state index is 0.344. The van der Waals surface area contributed by atoms with E-state index >= 15 is 0 Å². The molecule has 0 aromatic heterocycles. The van der Waals surface area contributed by atoms with Crippen LogP contribution in [0.25, 0.3) is 0 Å². The fourth-order valence-corrected chi connectivity index (χ4v) is 2.11. The van der Waals surface area contributed by atoms with Crippen LogP contribution in [0.5, 0.6) is 0 Å². The van der Waals surface area contributed by atoms with Crippen molar-refractivity contribution < 1.29 is 13.9 Å². The van der Waals surface area contributed by atoms with Crippen LogP contribution in [0.15, 0.2) is 22.7 Å². The molecule has 0 radical (unpaired) electrons. The Kier molecular flexibility index (Phi) is 2.54. The summed E-state index contributed by atoms with van der Waals surface area (Å²) < 4.78 is 19.0. The predicted octanol–water partition coefficient (Wildman–Crippen LogP) is 2.79. The number of benzene rings is 1. The van der Waals surface area contributed by atoms with E-state index in [0.717, 1.165) is 0 Å². The van der Waals surface area contributed by atoms with Crippen LogP contribution in [-0.2, 0) is 14.9 Å². The molecule has 0 unspecified atom stereocenters. The van der Waals surface area contributed by atoms with Crippen LogP contribution >= 0.6 is 15.9 Å². The molecule has 0 amide bonds. The number of hydrogen-bond donors (Lipinski definition) is 0. The van der Waals surface area contributed by atoms with Gasteiger partial charge in [0.05, 0.1) is 12.5 Å². The van der Waals surface area contributed by atoms with E-state index in [1.54, 1.807) is 12.1 Å². The highest BCUT2D eigenvalue weighted by Crippen LogP contribution is 2.50. The summed E-state index contributed by atoms with van der Waals surface area (Å²) in [5, 5.41) is 0. The van der Waals surface area contributed by atoms with Gasteiger partial charge in [-0.2, -0.15) is 0 Å². The van der Waals surface area contributed by atoms with Gasteiger partial charge < -0.3 is 4.74 Å². The fraction of sp³-hybridized carbons (Fsp3) is 0.364. The van der Waals surface area contributed by atoms with Crippen molar-refractivity contribution in [1.29, 1.82) is 0 Å². The molecule has 1 aliphatic carbocycles. The zero-order valence-electron chi connectivity index (χ0n) is 8.22. The van der Waals surface area contributed by atoms with Crippen LogP contribution < -0.4 is 0 Å². The molecule has 0 saturated heterocycles. The molecule has 4 heteroatoms. The third kappa shape index (κ3) is 1.67. The quantitative estimate of drug-likeness (QED) is 0.774. The summed E-state index contributed by atoms with van der Waals surface area (Å²) in [6.07, 6.45) is 1.33. The van der Waals surface area contributed by atoms with Gasteiger partial charge >= 0.3 is 5.97 Å². The fourth-order valence-electron chi connectivity index (χ4n) is 1.78. The summed E-state index contributed by atoms with van der Waals surface area (Å²) in [6.45, 7) is 0. The zero-order valence-corrected chi connectivity index (χ0v) is 9.80. The van der Waals surface area contributed by atoms with Crippen LogP contribution in [0.2, 0.25) is 0 Å². The third-order valence-electron chi connectivity index (χ3n) is 2.77. The number of esters is 1. The predicted molar refractivity (Wildman–Crippen MR) is 57.0 cm³/mol. The zero-order chi connectivity index (χ0) is 11.1. The lowest BCUT2D eigenvalue weighted by atomic mass is 9.96. The summed E-state index contributed by atoms with van der Waals surface area (Å²) in [5.74, 6) is -0.698. The van der Waals surface area contributed by atoms with Gasteiger partial charge in [-0.1, -0.05) is 22.0 Å². The molecule has 0 atom stereocenters.